The summed E-state index contributed by atoms with van der Waals surface area (Å²) >= 11 is 0. The van der Waals surface area contributed by atoms with E-state index in [1.807, 2.05) is 45.4 Å². The molecule has 0 bridgehead atoms. The topological polar surface area (TPSA) is 45.6 Å². The van der Waals surface area contributed by atoms with E-state index < -0.39 is 0 Å². The van der Waals surface area contributed by atoms with Crippen LogP contribution in [0.5, 0.6) is 0 Å². The fourth-order valence-corrected chi connectivity index (χ4v) is 4.40. The highest BCUT2D eigenvalue weighted by Crippen LogP contribution is 2.52. The fourth-order valence-electron chi connectivity index (χ4n) is 4.40. The maximum atomic E-state index is 12.8. The lowest BCUT2D eigenvalue weighted by Crippen LogP contribution is -2.26. The number of hydrogen-bond acceptors (Lipinski definition) is 3. The van der Waals surface area contributed by atoms with Gasteiger partial charge in [-0.2, -0.15) is 0 Å². The number of amides is 1. The van der Waals surface area contributed by atoms with E-state index in [1.165, 1.54) is 29.5 Å². The van der Waals surface area contributed by atoms with Gasteiger partial charge >= 0.3 is 0 Å². The number of hydrogen-bond donors (Lipinski definition) is 0. The largest absolute Gasteiger partial charge is 0.342 e. The monoisotopic (exact) mass is 457 g/mol. The zero-order valence-corrected chi connectivity index (χ0v) is 21.7. The predicted molar refractivity (Wildman–Crippen MR) is 144 cm³/mol. The van der Waals surface area contributed by atoms with Gasteiger partial charge in [0.05, 0.1) is 5.69 Å². The normalized spacial score (nSPS) is 15.1. The minimum Gasteiger partial charge on any atom is -0.342 e. The molecule has 1 aliphatic carbocycles. The van der Waals surface area contributed by atoms with Crippen molar-refractivity contribution in [3.8, 4) is 0 Å². The fraction of sp³-hybridized carbons (Fsp3) is 0.433. The standard InChI is InChI=1S/C30H39N3O/c1-8-23(28-19-24(21(4)5)13-16-31-28)20-32-22(6)17-26-18-25(29(34)33(7)10-3)11-12-27(26)30(9-2)14-15-30/h8,11-13,16,18-21H,6,9-10,14-15,17H2,1-5,7H3/b23-8+,32-20?. The molecule has 34 heavy (non-hydrogen) atoms. The van der Waals surface area contributed by atoms with E-state index in [9.17, 15) is 4.79 Å². The Morgan fingerprint density at radius 1 is 1.24 bits per heavy atom. The Hall–Kier alpha value is -3.01. The summed E-state index contributed by atoms with van der Waals surface area (Å²) in [6.07, 6.45) is 9.90. The van der Waals surface area contributed by atoms with Gasteiger partial charge < -0.3 is 4.90 Å². The van der Waals surface area contributed by atoms with Crippen molar-refractivity contribution in [1.29, 1.82) is 0 Å². The summed E-state index contributed by atoms with van der Waals surface area (Å²) in [6, 6.07) is 10.4. The molecule has 0 saturated heterocycles. The van der Waals surface area contributed by atoms with Gasteiger partial charge in [0.25, 0.3) is 5.91 Å². The van der Waals surface area contributed by atoms with Gasteiger partial charge in [-0.05, 0) is 85.4 Å². The second-order valence-corrected chi connectivity index (χ2v) is 9.70. The highest BCUT2D eigenvalue weighted by atomic mass is 16.2. The third-order valence-corrected chi connectivity index (χ3v) is 7.11. The van der Waals surface area contributed by atoms with E-state index in [4.69, 9.17) is 4.99 Å². The molecule has 1 amide bonds. The minimum atomic E-state index is 0.0538. The average Bonchev–Trinajstić information content (AvgIpc) is 3.64. The minimum absolute atomic E-state index is 0.0538. The van der Waals surface area contributed by atoms with Crippen molar-refractivity contribution in [2.45, 2.75) is 71.6 Å². The van der Waals surface area contributed by atoms with Crippen molar-refractivity contribution >= 4 is 17.7 Å². The van der Waals surface area contributed by atoms with Crippen molar-refractivity contribution < 1.29 is 4.79 Å². The van der Waals surface area contributed by atoms with Crippen LogP contribution in [0, 0.1) is 0 Å². The van der Waals surface area contributed by atoms with E-state index in [-0.39, 0.29) is 11.3 Å². The van der Waals surface area contributed by atoms with Gasteiger partial charge in [0.15, 0.2) is 0 Å². The number of aromatic nitrogens is 1. The van der Waals surface area contributed by atoms with Crippen LogP contribution < -0.4 is 0 Å². The van der Waals surface area contributed by atoms with Gasteiger partial charge in [-0.3, -0.25) is 14.8 Å². The summed E-state index contributed by atoms with van der Waals surface area (Å²) < 4.78 is 0. The maximum Gasteiger partial charge on any atom is 0.253 e. The first-order valence-electron chi connectivity index (χ1n) is 12.5. The summed E-state index contributed by atoms with van der Waals surface area (Å²) in [5.41, 5.74) is 7.42. The third kappa shape index (κ3) is 5.72. The molecule has 1 heterocycles. The molecule has 0 unspecified atom stereocenters. The van der Waals surface area contributed by atoms with Gasteiger partial charge in [-0.25, -0.2) is 0 Å². The van der Waals surface area contributed by atoms with Crippen LogP contribution in [0.1, 0.15) is 92.5 Å². The van der Waals surface area contributed by atoms with Crippen LogP contribution in [0.2, 0.25) is 0 Å². The molecule has 0 atom stereocenters. The summed E-state index contributed by atoms with van der Waals surface area (Å²) in [7, 11) is 1.84. The molecule has 1 aromatic heterocycles. The molecule has 0 spiro atoms. The number of carbonyl (C=O) groups is 1. The second kappa shape index (κ2) is 10.9. The smallest absolute Gasteiger partial charge is 0.253 e. The zero-order valence-electron chi connectivity index (χ0n) is 21.7. The van der Waals surface area contributed by atoms with Gasteiger partial charge in [0, 0.05) is 49.3 Å². The van der Waals surface area contributed by atoms with Crippen LogP contribution in [0.15, 0.2) is 59.9 Å². The van der Waals surface area contributed by atoms with Crippen molar-refractivity contribution in [2.24, 2.45) is 4.99 Å². The molecular formula is C30H39N3O. The third-order valence-electron chi connectivity index (χ3n) is 7.11. The van der Waals surface area contributed by atoms with Crippen LogP contribution in [0.4, 0.5) is 0 Å². The first-order valence-corrected chi connectivity index (χ1v) is 12.5. The number of pyridine rings is 1. The Morgan fingerprint density at radius 3 is 2.56 bits per heavy atom. The Balaban J connectivity index is 1.85. The molecule has 4 nitrogen and oxygen atoms in total. The van der Waals surface area contributed by atoms with E-state index in [0.717, 1.165) is 28.9 Å². The first kappa shape index (κ1) is 25.6. The average molecular weight is 458 g/mol. The Labute approximate surface area is 205 Å². The summed E-state index contributed by atoms with van der Waals surface area (Å²) in [5, 5.41) is 0. The van der Waals surface area contributed by atoms with Gasteiger partial charge in [-0.15, -0.1) is 0 Å². The quantitative estimate of drug-likeness (QED) is 0.362. The number of benzene rings is 1. The Kier molecular flexibility index (Phi) is 8.24. The molecule has 1 aromatic carbocycles. The lowest BCUT2D eigenvalue weighted by molar-refractivity contribution is 0.0802. The van der Waals surface area contributed by atoms with E-state index in [2.05, 4.69) is 56.6 Å². The molecule has 180 valence electrons. The second-order valence-electron chi connectivity index (χ2n) is 9.70. The van der Waals surface area contributed by atoms with E-state index in [0.29, 0.717) is 18.9 Å². The van der Waals surface area contributed by atoms with E-state index in [1.54, 1.807) is 4.90 Å². The van der Waals surface area contributed by atoms with Crippen molar-refractivity contribution in [1.82, 2.24) is 9.88 Å². The van der Waals surface area contributed by atoms with Crippen molar-refractivity contribution in [3.05, 3.63) is 82.8 Å². The molecule has 3 rings (SSSR count). The number of aliphatic imine (C=N–C) groups is 1. The molecular weight excluding hydrogens is 418 g/mol. The van der Waals surface area contributed by atoms with Gasteiger partial charge in [0.2, 0.25) is 0 Å². The zero-order chi connectivity index (χ0) is 24.9. The predicted octanol–water partition coefficient (Wildman–Crippen LogP) is 6.97. The lowest BCUT2D eigenvalue weighted by atomic mass is 9.86. The molecule has 0 aliphatic heterocycles. The number of allylic oxidation sites excluding steroid dienone is 3. The number of nitrogens with zero attached hydrogens (tertiary/aromatic N) is 3. The van der Waals surface area contributed by atoms with Crippen LogP contribution >= 0.6 is 0 Å². The van der Waals surface area contributed by atoms with Crippen LogP contribution in [0.3, 0.4) is 0 Å². The summed E-state index contributed by atoms with van der Waals surface area (Å²) in [4.78, 5) is 23.8. The first-order chi connectivity index (χ1) is 16.2. The van der Waals surface area contributed by atoms with E-state index >= 15 is 0 Å². The summed E-state index contributed by atoms with van der Waals surface area (Å²) in [6.45, 7) is 15.5. The van der Waals surface area contributed by atoms with Crippen LogP contribution in [-0.2, 0) is 11.8 Å². The van der Waals surface area contributed by atoms with Crippen molar-refractivity contribution in [2.75, 3.05) is 13.6 Å². The highest BCUT2D eigenvalue weighted by molar-refractivity contribution is 6.09. The van der Waals surface area contributed by atoms with Crippen LogP contribution in [-0.4, -0.2) is 35.6 Å². The SMILES string of the molecule is C=C(Cc1cc(C(=O)N(C)CC)ccc1C1(CC)CC1)N=C/C(=C\C)c1cc(C(C)C)ccn1. The maximum absolute atomic E-state index is 12.8. The lowest BCUT2D eigenvalue weighted by Gasteiger charge is -2.21. The molecule has 1 aliphatic rings. The summed E-state index contributed by atoms with van der Waals surface area (Å²) in [5.74, 6) is 0.498. The number of carbonyl (C=O) groups excluding carboxylic acids is 1. The molecule has 1 fully saturated rings. The molecule has 0 radical (unpaired) electrons. The van der Waals surface area contributed by atoms with Gasteiger partial charge in [0.1, 0.15) is 0 Å². The van der Waals surface area contributed by atoms with Gasteiger partial charge in [-0.1, -0.05) is 39.5 Å². The molecule has 1 saturated carbocycles. The number of rotatable bonds is 10. The highest BCUT2D eigenvalue weighted by Gasteiger charge is 2.43. The molecule has 2 aromatic rings. The van der Waals surface area contributed by atoms with Crippen LogP contribution in [0.25, 0.3) is 5.57 Å². The van der Waals surface area contributed by atoms with Crippen molar-refractivity contribution in [3.63, 3.8) is 0 Å². The Bertz CT molecular complexity index is 1110. The molecule has 4 heteroatoms. The molecule has 0 N–H and O–H groups in total. The Morgan fingerprint density at radius 2 is 1.97 bits per heavy atom.